The van der Waals surface area contributed by atoms with Crippen LogP contribution >= 0.6 is 12.2 Å². The highest BCUT2D eigenvalue weighted by Crippen LogP contribution is 2.00. The molecule has 0 saturated carbocycles. The van der Waals surface area contributed by atoms with Crippen molar-refractivity contribution in [3.8, 4) is 0 Å². The first-order chi connectivity index (χ1) is 8.79. The van der Waals surface area contributed by atoms with Crippen molar-refractivity contribution >= 4 is 33.1 Å². The zero-order valence-corrected chi connectivity index (χ0v) is 11.6. The van der Waals surface area contributed by atoms with Gasteiger partial charge in [-0.2, -0.15) is 0 Å². The van der Waals surface area contributed by atoms with Crippen LogP contribution in [0.5, 0.6) is 0 Å². The zero-order chi connectivity index (χ0) is 14.5. The molecule has 0 saturated heterocycles. The Morgan fingerprint density at radius 2 is 2.11 bits per heavy atom. The molecule has 1 rings (SSSR count). The van der Waals surface area contributed by atoms with Crippen LogP contribution < -0.4 is 16.2 Å². The number of pyridine rings is 1. The molecular weight excluding hydrogens is 288 g/mol. The number of sulfonamides is 1. The lowest BCUT2D eigenvalue weighted by atomic mass is 10.2. The van der Waals surface area contributed by atoms with E-state index < -0.39 is 15.9 Å². The Labute approximate surface area is 116 Å². The normalized spacial score (nSPS) is 11.0. The molecule has 0 aliphatic carbocycles. The second-order valence-corrected chi connectivity index (χ2v) is 5.95. The van der Waals surface area contributed by atoms with Gasteiger partial charge in [-0.05, 0) is 18.6 Å². The van der Waals surface area contributed by atoms with Gasteiger partial charge in [0.2, 0.25) is 10.0 Å². The van der Waals surface area contributed by atoms with E-state index in [1.165, 1.54) is 12.3 Å². The summed E-state index contributed by atoms with van der Waals surface area (Å²) in [5, 5.41) is 7.37. The van der Waals surface area contributed by atoms with E-state index in [-0.39, 0.29) is 29.4 Å². The Hall–Kier alpha value is -1.58. The highest BCUT2D eigenvalue weighted by atomic mass is 32.2. The molecule has 1 heterocycles. The quantitative estimate of drug-likeness (QED) is 0.462. The number of primary sulfonamides is 1. The Morgan fingerprint density at radius 3 is 2.58 bits per heavy atom. The summed E-state index contributed by atoms with van der Waals surface area (Å²) in [6.45, 7) is 0.202. The van der Waals surface area contributed by atoms with E-state index in [0.717, 1.165) is 0 Å². The molecule has 1 aromatic heterocycles. The van der Waals surface area contributed by atoms with Gasteiger partial charge in [0.15, 0.2) is 0 Å². The van der Waals surface area contributed by atoms with Crippen molar-refractivity contribution in [2.24, 2.45) is 10.9 Å². The molecule has 0 radical (unpaired) electrons. The van der Waals surface area contributed by atoms with E-state index in [1.54, 1.807) is 6.07 Å². The van der Waals surface area contributed by atoms with Crippen LogP contribution in [0.4, 0.5) is 0 Å². The van der Waals surface area contributed by atoms with Crippen LogP contribution in [-0.4, -0.2) is 36.6 Å². The van der Waals surface area contributed by atoms with Gasteiger partial charge in [0.1, 0.15) is 10.7 Å². The van der Waals surface area contributed by atoms with Crippen molar-refractivity contribution in [3.63, 3.8) is 0 Å². The molecule has 0 aromatic carbocycles. The molecule has 0 spiro atoms. The van der Waals surface area contributed by atoms with Gasteiger partial charge >= 0.3 is 0 Å². The summed E-state index contributed by atoms with van der Waals surface area (Å²) < 4.78 is 21.4. The van der Waals surface area contributed by atoms with Crippen LogP contribution in [0, 0.1) is 0 Å². The van der Waals surface area contributed by atoms with Crippen molar-refractivity contribution < 1.29 is 13.2 Å². The third kappa shape index (κ3) is 5.73. The molecular formula is C10H14N4O3S2. The Morgan fingerprint density at radius 1 is 1.42 bits per heavy atom. The monoisotopic (exact) mass is 302 g/mol. The molecule has 104 valence electrons. The average Bonchev–Trinajstić information content (AvgIpc) is 2.33. The summed E-state index contributed by atoms with van der Waals surface area (Å²) in [4.78, 5) is 15.7. The summed E-state index contributed by atoms with van der Waals surface area (Å²) in [6, 6.07) is 3.08. The maximum absolute atomic E-state index is 11.6. The smallest absolute Gasteiger partial charge is 0.269 e. The summed E-state index contributed by atoms with van der Waals surface area (Å²) in [5.74, 6) is -0.579. The number of nitrogens with two attached hydrogens (primary N) is 2. The van der Waals surface area contributed by atoms with Crippen molar-refractivity contribution in [3.05, 3.63) is 29.6 Å². The lowest BCUT2D eigenvalue weighted by molar-refractivity contribution is 0.0948. The van der Waals surface area contributed by atoms with Gasteiger partial charge in [0, 0.05) is 18.3 Å². The average molecular weight is 302 g/mol. The summed E-state index contributed by atoms with van der Waals surface area (Å²) in [6.07, 6.45) is 1.65. The summed E-state index contributed by atoms with van der Waals surface area (Å²) in [5.41, 5.74) is 6.18. The van der Waals surface area contributed by atoms with Crippen LogP contribution in [0.1, 0.15) is 22.5 Å². The SMILES string of the molecule is NC(=S)c1ccc(C(=O)NCCCS(N)(=O)=O)nc1. The van der Waals surface area contributed by atoms with E-state index in [1.807, 2.05) is 0 Å². The van der Waals surface area contributed by atoms with E-state index in [0.29, 0.717) is 5.56 Å². The molecule has 1 amide bonds. The minimum Gasteiger partial charge on any atom is -0.389 e. The van der Waals surface area contributed by atoms with Crippen LogP contribution in [0.2, 0.25) is 0 Å². The first-order valence-corrected chi connectivity index (χ1v) is 7.46. The zero-order valence-electron chi connectivity index (χ0n) is 10.00. The van der Waals surface area contributed by atoms with E-state index in [9.17, 15) is 13.2 Å². The van der Waals surface area contributed by atoms with Gasteiger partial charge in [-0.1, -0.05) is 12.2 Å². The van der Waals surface area contributed by atoms with E-state index in [2.05, 4.69) is 10.3 Å². The number of nitrogens with zero attached hydrogens (tertiary/aromatic N) is 1. The Kier molecular flexibility index (Phi) is 5.33. The molecule has 0 aliphatic heterocycles. The van der Waals surface area contributed by atoms with Crippen molar-refractivity contribution in [2.75, 3.05) is 12.3 Å². The first kappa shape index (κ1) is 15.5. The van der Waals surface area contributed by atoms with Gasteiger partial charge in [-0.15, -0.1) is 0 Å². The van der Waals surface area contributed by atoms with Crippen LogP contribution in [0.25, 0.3) is 0 Å². The highest BCUT2D eigenvalue weighted by Gasteiger charge is 2.08. The maximum Gasteiger partial charge on any atom is 0.269 e. The molecule has 0 aliphatic rings. The molecule has 7 nitrogen and oxygen atoms in total. The van der Waals surface area contributed by atoms with E-state index in [4.69, 9.17) is 23.1 Å². The molecule has 9 heteroatoms. The van der Waals surface area contributed by atoms with Crippen LogP contribution in [0.15, 0.2) is 18.3 Å². The standard InChI is InChI=1S/C10H14N4O3S2/c11-9(18)7-2-3-8(14-6-7)10(15)13-4-1-5-19(12,16)17/h2-3,6H,1,4-5H2,(H2,11,18)(H,13,15)(H2,12,16,17). The molecule has 19 heavy (non-hydrogen) atoms. The molecule has 0 unspecified atom stereocenters. The van der Waals surface area contributed by atoms with Crippen molar-refractivity contribution in [1.29, 1.82) is 0 Å². The fraction of sp³-hybridized carbons (Fsp3) is 0.300. The van der Waals surface area contributed by atoms with Gasteiger partial charge in [0.05, 0.1) is 5.75 Å². The van der Waals surface area contributed by atoms with Crippen LogP contribution in [0.3, 0.4) is 0 Å². The van der Waals surface area contributed by atoms with Gasteiger partial charge in [-0.3, -0.25) is 9.78 Å². The fourth-order valence-electron chi connectivity index (χ4n) is 1.24. The minimum absolute atomic E-state index is 0.179. The first-order valence-electron chi connectivity index (χ1n) is 5.34. The lowest BCUT2D eigenvalue weighted by Gasteiger charge is -2.04. The largest absolute Gasteiger partial charge is 0.389 e. The predicted octanol–water partition coefficient (Wildman–Crippen LogP) is -0.876. The van der Waals surface area contributed by atoms with Gasteiger partial charge in [0.25, 0.3) is 5.91 Å². The van der Waals surface area contributed by atoms with Gasteiger partial charge in [-0.25, -0.2) is 13.6 Å². The Balaban J connectivity index is 2.48. The third-order valence-corrected chi connectivity index (χ3v) is 3.27. The number of rotatable bonds is 6. The number of amides is 1. The second-order valence-electron chi connectivity index (χ2n) is 3.77. The topological polar surface area (TPSA) is 128 Å². The summed E-state index contributed by atoms with van der Waals surface area (Å²) >= 11 is 4.76. The molecule has 1 aromatic rings. The maximum atomic E-state index is 11.6. The van der Waals surface area contributed by atoms with Crippen LogP contribution in [-0.2, 0) is 10.0 Å². The molecule has 0 fully saturated rings. The van der Waals surface area contributed by atoms with Crippen molar-refractivity contribution in [1.82, 2.24) is 10.3 Å². The predicted molar refractivity (Wildman–Crippen MR) is 75.0 cm³/mol. The second kappa shape index (κ2) is 6.55. The number of thiocarbonyl (C=S) groups is 1. The number of hydrogen-bond acceptors (Lipinski definition) is 5. The third-order valence-electron chi connectivity index (χ3n) is 2.17. The lowest BCUT2D eigenvalue weighted by Crippen LogP contribution is -2.28. The van der Waals surface area contributed by atoms with Gasteiger partial charge < -0.3 is 11.1 Å². The summed E-state index contributed by atoms with van der Waals surface area (Å²) in [7, 11) is -3.50. The molecule has 0 atom stereocenters. The number of hydrogen-bond donors (Lipinski definition) is 3. The van der Waals surface area contributed by atoms with E-state index >= 15 is 0 Å². The number of nitrogens with one attached hydrogen (secondary N) is 1. The Bertz CT molecular complexity index is 569. The minimum atomic E-state index is -3.50. The fourth-order valence-corrected chi connectivity index (χ4v) is 1.91. The molecule has 5 N–H and O–H groups in total. The number of carbonyl (C=O) groups is 1. The molecule has 0 bridgehead atoms. The number of carbonyl (C=O) groups excluding carboxylic acids is 1. The highest BCUT2D eigenvalue weighted by molar-refractivity contribution is 7.89. The number of aromatic nitrogens is 1. The van der Waals surface area contributed by atoms with Crippen molar-refractivity contribution in [2.45, 2.75) is 6.42 Å².